The lowest BCUT2D eigenvalue weighted by molar-refractivity contribution is 0.0934. The first-order valence-corrected chi connectivity index (χ1v) is 8.13. The largest absolute Gasteiger partial charge is 0.348 e. The Morgan fingerprint density at radius 3 is 2.43 bits per heavy atom. The van der Waals surface area contributed by atoms with Crippen LogP contribution < -0.4 is 10.6 Å². The van der Waals surface area contributed by atoms with Crippen molar-refractivity contribution in [1.82, 2.24) is 10.3 Å². The van der Waals surface area contributed by atoms with Crippen molar-refractivity contribution in [3.8, 4) is 0 Å². The van der Waals surface area contributed by atoms with Gasteiger partial charge in [-0.25, -0.2) is 4.98 Å². The van der Waals surface area contributed by atoms with Crippen LogP contribution in [-0.4, -0.2) is 22.8 Å². The number of rotatable bonds is 5. The number of carbonyl (C=O) groups is 2. The molecule has 120 valence electrons. The summed E-state index contributed by atoms with van der Waals surface area (Å²) in [6, 6.07) is 12.1. The second kappa shape index (κ2) is 7.87. The van der Waals surface area contributed by atoms with Crippen LogP contribution in [0.3, 0.4) is 0 Å². The molecule has 23 heavy (non-hydrogen) atoms. The zero-order valence-corrected chi connectivity index (χ0v) is 14.6. The highest BCUT2D eigenvalue weighted by molar-refractivity contribution is 9.10. The molecule has 2 rings (SSSR count). The smallest absolute Gasteiger partial charge is 0.274 e. The van der Waals surface area contributed by atoms with E-state index in [1.165, 1.54) is 0 Å². The molecule has 0 fully saturated rings. The summed E-state index contributed by atoms with van der Waals surface area (Å²) < 4.78 is 0.866. The van der Waals surface area contributed by atoms with Crippen molar-refractivity contribution >= 4 is 33.4 Å². The second-order valence-corrected chi connectivity index (χ2v) is 6.07. The molecule has 5 nitrogen and oxygen atoms in total. The highest BCUT2D eigenvalue weighted by Crippen LogP contribution is 2.16. The molecular formula is C17H18BrN3O2. The molecule has 2 amide bonds. The van der Waals surface area contributed by atoms with E-state index in [1.54, 1.807) is 30.3 Å². The van der Waals surface area contributed by atoms with Crippen molar-refractivity contribution in [3.05, 3.63) is 58.3 Å². The molecule has 2 aromatic rings. The Morgan fingerprint density at radius 2 is 1.78 bits per heavy atom. The Balaban J connectivity index is 2.12. The maximum Gasteiger partial charge on any atom is 0.274 e. The zero-order chi connectivity index (χ0) is 16.8. The molecule has 6 heteroatoms. The van der Waals surface area contributed by atoms with E-state index in [0.717, 1.165) is 10.9 Å². The topological polar surface area (TPSA) is 71.1 Å². The van der Waals surface area contributed by atoms with E-state index in [9.17, 15) is 9.59 Å². The molecule has 0 aliphatic carbocycles. The number of amides is 2. The fraction of sp³-hybridized carbons (Fsp3) is 0.235. The lowest BCUT2D eigenvalue weighted by Gasteiger charge is -2.11. The Kier molecular flexibility index (Phi) is 5.87. The summed E-state index contributed by atoms with van der Waals surface area (Å²) in [6.45, 7) is 3.90. The Morgan fingerprint density at radius 1 is 1.13 bits per heavy atom. The molecule has 2 N–H and O–H groups in total. The van der Waals surface area contributed by atoms with Gasteiger partial charge < -0.3 is 10.6 Å². The lowest BCUT2D eigenvalue weighted by atomic mass is 10.2. The summed E-state index contributed by atoms with van der Waals surface area (Å²) in [6.07, 6.45) is 0.828. The summed E-state index contributed by atoms with van der Waals surface area (Å²) in [5.74, 6) is -0.641. The molecule has 0 saturated heterocycles. The van der Waals surface area contributed by atoms with Crippen LogP contribution in [0.4, 0.5) is 5.69 Å². The van der Waals surface area contributed by atoms with Crippen LogP contribution in [0.15, 0.2) is 46.9 Å². The number of nitrogens with zero attached hydrogens (tertiary/aromatic N) is 1. The average molecular weight is 376 g/mol. The fourth-order valence-corrected chi connectivity index (χ4v) is 2.25. The molecule has 1 atom stereocenters. The Hall–Kier alpha value is -2.21. The number of pyridine rings is 1. The van der Waals surface area contributed by atoms with Gasteiger partial charge in [0.25, 0.3) is 11.8 Å². The number of nitrogens with one attached hydrogen (secondary N) is 2. The third-order valence-electron chi connectivity index (χ3n) is 3.29. The number of benzene rings is 1. The van der Waals surface area contributed by atoms with Crippen LogP contribution in [0.1, 0.15) is 41.2 Å². The van der Waals surface area contributed by atoms with Crippen molar-refractivity contribution in [2.75, 3.05) is 5.32 Å². The molecule has 1 unspecified atom stereocenters. The minimum atomic E-state index is -0.360. The highest BCUT2D eigenvalue weighted by Gasteiger charge is 2.14. The predicted molar refractivity (Wildman–Crippen MR) is 93.6 cm³/mol. The van der Waals surface area contributed by atoms with Crippen molar-refractivity contribution in [2.45, 2.75) is 26.3 Å². The summed E-state index contributed by atoms with van der Waals surface area (Å²) >= 11 is 3.35. The quantitative estimate of drug-likeness (QED) is 0.837. The normalized spacial score (nSPS) is 11.6. The van der Waals surface area contributed by atoms with Crippen LogP contribution >= 0.6 is 15.9 Å². The number of aromatic nitrogens is 1. The van der Waals surface area contributed by atoms with Crippen molar-refractivity contribution in [1.29, 1.82) is 0 Å². The average Bonchev–Trinajstić information content (AvgIpc) is 2.54. The second-order valence-electron chi connectivity index (χ2n) is 5.16. The third kappa shape index (κ3) is 4.89. The Labute approximate surface area is 143 Å². The molecule has 0 bridgehead atoms. The van der Waals surface area contributed by atoms with E-state index in [1.807, 2.05) is 26.0 Å². The predicted octanol–water partition coefficient (Wildman–Crippen LogP) is 3.62. The number of halogens is 1. The molecule has 1 heterocycles. The molecule has 1 aromatic carbocycles. The van der Waals surface area contributed by atoms with Crippen LogP contribution in [-0.2, 0) is 0 Å². The summed E-state index contributed by atoms with van der Waals surface area (Å²) in [5.41, 5.74) is 1.08. The van der Waals surface area contributed by atoms with Crippen LogP contribution in [0.2, 0.25) is 0 Å². The minimum absolute atomic E-state index is 0.0588. The maximum atomic E-state index is 12.3. The van der Waals surface area contributed by atoms with E-state index in [2.05, 4.69) is 31.5 Å². The first-order valence-electron chi connectivity index (χ1n) is 7.34. The summed E-state index contributed by atoms with van der Waals surface area (Å²) in [4.78, 5) is 28.5. The molecule has 1 aromatic heterocycles. The van der Waals surface area contributed by atoms with Gasteiger partial charge in [-0.1, -0.05) is 35.0 Å². The fourth-order valence-electron chi connectivity index (χ4n) is 1.85. The van der Waals surface area contributed by atoms with Crippen LogP contribution in [0, 0.1) is 0 Å². The van der Waals surface area contributed by atoms with Crippen molar-refractivity contribution in [3.63, 3.8) is 0 Å². The van der Waals surface area contributed by atoms with E-state index < -0.39 is 0 Å². The van der Waals surface area contributed by atoms with Gasteiger partial charge in [-0.3, -0.25) is 9.59 Å². The van der Waals surface area contributed by atoms with E-state index >= 15 is 0 Å². The SMILES string of the molecule is CCC(C)NC(=O)c1cccc(C(=O)Nc2cccc(Br)c2)n1. The molecule has 0 aliphatic heterocycles. The Bertz CT molecular complexity index is 718. The van der Waals surface area contributed by atoms with Gasteiger partial charge in [-0.05, 0) is 43.7 Å². The van der Waals surface area contributed by atoms with Gasteiger partial charge in [0.1, 0.15) is 11.4 Å². The zero-order valence-electron chi connectivity index (χ0n) is 13.0. The standard InChI is InChI=1S/C17H18BrN3O2/c1-3-11(2)19-16(22)14-8-5-9-15(21-14)17(23)20-13-7-4-6-12(18)10-13/h4-11H,3H2,1-2H3,(H,19,22)(H,20,23). The van der Waals surface area contributed by atoms with Crippen molar-refractivity contribution < 1.29 is 9.59 Å². The molecular weight excluding hydrogens is 358 g/mol. The van der Waals surface area contributed by atoms with E-state index in [0.29, 0.717) is 5.69 Å². The summed E-state index contributed by atoms with van der Waals surface area (Å²) in [5, 5.41) is 5.58. The summed E-state index contributed by atoms with van der Waals surface area (Å²) in [7, 11) is 0. The van der Waals surface area contributed by atoms with E-state index in [-0.39, 0.29) is 29.2 Å². The monoisotopic (exact) mass is 375 g/mol. The van der Waals surface area contributed by atoms with Crippen molar-refractivity contribution in [2.24, 2.45) is 0 Å². The van der Waals surface area contributed by atoms with E-state index in [4.69, 9.17) is 0 Å². The molecule has 0 aliphatic rings. The van der Waals surface area contributed by atoms with Gasteiger partial charge in [-0.2, -0.15) is 0 Å². The number of hydrogen-bond acceptors (Lipinski definition) is 3. The molecule has 0 spiro atoms. The number of hydrogen-bond donors (Lipinski definition) is 2. The number of carbonyl (C=O) groups excluding carboxylic acids is 2. The van der Waals surface area contributed by atoms with Gasteiger partial charge in [0, 0.05) is 16.2 Å². The van der Waals surface area contributed by atoms with Gasteiger partial charge >= 0.3 is 0 Å². The maximum absolute atomic E-state index is 12.3. The first kappa shape index (κ1) is 17.1. The van der Waals surface area contributed by atoms with Crippen LogP contribution in [0.25, 0.3) is 0 Å². The lowest BCUT2D eigenvalue weighted by Crippen LogP contribution is -2.32. The molecule has 0 saturated carbocycles. The highest BCUT2D eigenvalue weighted by atomic mass is 79.9. The van der Waals surface area contributed by atoms with Crippen LogP contribution in [0.5, 0.6) is 0 Å². The van der Waals surface area contributed by atoms with Gasteiger partial charge in [0.15, 0.2) is 0 Å². The number of anilines is 1. The van der Waals surface area contributed by atoms with Gasteiger partial charge in [0.05, 0.1) is 0 Å². The van der Waals surface area contributed by atoms with Gasteiger partial charge in [0.2, 0.25) is 0 Å². The first-order chi connectivity index (χ1) is 11.0. The molecule has 0 radical (unpaired) electrons. The minimum Gasteiger partial charge on any atom is -0.348 e. The van der Waals surface area contributed by atoms with Gasteiger partial charge in [-0.15, -0.1) is 0 Å². The third-order valence-corrected chi connectivity index (χ3v) is 3.78.